The van der Waals surface area contributed by atoms with Gasteiger partial charge in [0.1, 0.15) is 18.0 Å². The van der Waals surface area contributed by atoms with Crippen LogP contribution in [0.25, 0.3) is 11.4 Å². The van der Waals surface area contributed by atoms with Crippen LogP contribution < -0.4 is 4.74 Å². The van der Waals surface area contributed by atoms with Crippen molar-refractivity contribution in [2.24, 2.45) is 7.05 Å². The summed E-state index contributed by atoms with van der Waals surface area (Å²) in [4.78, 5) is 8.95. The number of halogens is 1. The summed E-state index contributed by atoms with van der Waals surface area (Å²) in [5, 5.41) is 8.39. The van der Waals surface area contributed by atoms with Crippen LogP contribution in [0.5, 0.6) is 5.88 Å². The first kappa shape index (κ1) is 17.5. The van der Waals surface area contributed by atoms with Crippen LogP contribution >= 0.6 is 15.9 Å². The molecular weight excluding hydrogens is 382 g/mol. The molecule has 0 aliphatic carbocycles. The molecule has 0 aliphatic rings. The van der Waals surface area contributed by atoms with E-state index in [1.54, 1.807) is 10.9 Å². The molecule has 0 spiro atoms. The van der Waals surface area contributed by atoms with Crippen LogP contribution in [0.1, 0.15) is 30.3 Å². The molecule has 0 saturated carbocycles. The van der Waals surface area contributed by atoms with E-state index in [1.807, 2.05) is 38.2 Å². The van der Waals surface area contributed by atoms with Crippen molar-refractivity contribution in [2.45, 2.75) is 33.3 Å². The molecular formula is C18H20BrN5O. The molecule has 7 heteroatoms. The third kappa shape index (κ3) is 3.87. The van der Waals surface area contributed by atoms with Crippen molar-refractivity contribution in [3.8, 4) is 17.3 Å². The molecule has 6 nitrogen and oxygen atoms in total. The molecule has 25 heavy (non-hydrogen) atoms. The highest BCUT2D eigenvalue weighted by molar-refractivity contribution is 9.10. The van der Waals surface area contributed by atoms with Crippen molar-refractivity contribution in [1.29, 1.82) is 0 Å². The van der Waals surface area contributed by atoms with Gasteiger partial charge in [0.25, 0.3) is 0 Å². The first-order valence-electron chi connectivity index (χ1n) is 8.19. The Hall–Kier alpha value is -2.28. The van der Waals surface area contributed by atoms with Crippen molar-refractivity contribution >= 4 is 15.9 Å². The summed E-state index contributed by atoms with van der Waals surface area (Å²) in [6, 6.07) is 7.88. The molecule has 0 fully saturated rings. The lowest BCUT2D eigenvalue weighted by molar-refractivity contribution is 0.280. The van der Waals surface area contributed by atoms with Crippen LogP contribution in [0.4, 0.5) is 0 Å². The van der Waals surface area contributed by atoms with E-state index in [0.717, 1.165) is 45.7 Å². The second-order valence-electron chi connectivity index (χ2n) is 5.78. The van der Waals surface area contributed by atoms with Gasteiger partial charge in [-0.3, -0.25) is 4.98 Å². The molecule has 0 aromatic carbocycles. The van der Waals surface area contributed by atoms with Crippen LogP contribution in [0, 0.1) is 6.92 Å². The topological polar surface area (TPSA) is 65.7 Å². The molecule has 0 unspecified atom stereocenters. The summed E-state index contributed by atoms with van der Waals surface area (Å²) < 4.78 is 8.67. The zero-order valence-corrected chi connectivity index (χ0v) is 16.1. The average molecular weight is 402 g/mol. The van der Waals surface area contributed by atoms with E-state index in [9.17, 15) is 0 Å². The van der Waals surface area contributed by atoms with Gasteiger partial charge in [0.05, 0.1) is 11.4 Å². The Kier molecular flexibility index (Phi) is 5.43. The summed E-state index contributed by atoms with van der Waals surface area (Å²) in [5.74, 6) is 0.663. The molecule has 0 atom stereocenters. The van der Waals surface area contributed by atoms with Crippen molar-refractivity contribution < 1.29 is 4.74 Å². The summed E-state index contributed by atoms with van der Waals surface area (Å²) in [6.07, 6.45) is 3.73. The maximum atomic E-state index is 5.98. The molecule has 0 amide bonds. The van der Waals surface area contributed by atoms with Crippen LogP contribution in [0.15, 0.2) is 34.9 Å². The summed E-state index contributed by atoms with van der Waals surface area (Å²) in [6.45, 7) is 4.43. The fraction of sp³-hybridized carbons (Fsp3) is 0.333. The SMILES string of the molecule is CCCc1cccnc1OCc1c(-c2ccc(Br)c(C)n2)nnn1C. The van der Waals surface area contributed by atoms with Gasteiger partial charge in [0, 0.05) is 23.3 Å². The first-order valence-corrected chi connectivity index (χ1v) is 8.98. The van der Waals surface area contributed by atoms with Gasteiger partial charge in [0.2, 0.25) is 5.88 Å². The van der Waals surface area contributed by atoms with Crippen LogP contribution in [-0.4, -0.2) is 25.0 Å². The molecule has 0 aliphatic heterocycles. The molecule has 130 valence electrons. The van der Waals surface area contributed by atoms with Crippen molar-refractivity contribution in [3.05, 3.63) is 51.9 Å². The van der Waals surface area contributed by atoms with E-state index in [-0.39, 0.29) is 0 Å². The van der Waals surface area contributed by atoms with Gasteiger partial charge in [-0.2, -0.15) is 0 Å². The molecule has 3 rings (SSSR count). The number of nitrogens with zero attached hydrogens (tertiary/aromatic N) is 5. The number of pyridine rings is 2. The normalized spacial score (nSPS) is 10.9. The maximum Gasteiger partial charge on any atom is 0.216 e. The summed E-state index contributed by atoms with van der Waals surface area (Å²) in [5.41, 5.74) is 4.39. The minimum absolute atomic E-state index is 0.337. The van der Waals surface area contributed by atoms with Crippen molar-refractivity contribution in [2.75, 3.05) is 0 Å². The largest absolute Gasteiger partial charge is 0.471 e. The number of rotatable bonds is 6. The zero-order valence-electron chi connectivity index (χ0n) is 14.5. The van der Waals surface area contributed by atoms with Gasteiger partial charge in [0.15, 0.2) is 0 Å². The van der Waals surface area contributed by atoms with Crippen LogP contribution in [0.3, 0.4) is 0 Å². The minimum atomic E-state index is 0.337. The van der Waals surface area contributed by atoms with E-state index in [0.29, 0.717) is 12.5 Å². The maximum absolute atomic E-state index is 5.98. The molecule has 0 radical (unpaired) electrons. The molecule has 0 N–H and O–H groups in total. The lowest BCUT2D eigenvalue weighted by Crippen LogP contribution is -2.07. The molecule has 0 bridgehead atoms. The average Bonchev–Trinajstić information content (AvgIpc) is 2.97. The van der Waals surface area contributed by atoms with E-state index in [4.69, 9.17) is 4.74 Å². The lowest BCUT2D eigenvalue weighted by atomic mass is 10.1. The zero-order chi connectivity index (χ0) is 17.8. The number of hydrogen-bond acceptors (Lipinski definition) is 5. The van der Waals surface area contributed by atoms with E-state index >= 15 is 0 Å². The predicted octanol–water partition coefficient (Wildman–Crippen LogP) is 3.87. The highest BCUT2D eigenvalue weighted by atomic mass is 79.9. The number of ether oxygens (including phenoxy) is 1. The number of aryl methyl sites for hydroxylation is 3. The Morgan fingerprint density at radius 2 is 2.08 bits per heavy atom. The molecule has 3 aromatic heterocycles. The fourth-order valence-corrected chi connectivity index (χ4v) is 2.78. The third-order valence-corrected chi connectivity index (χ3v) is 4.76. The van der Waals surface area contributed by atoms with Crippen LogP contribution in [-0.2, 0) is 20.1 Å². The van der Waals surface area contributed by atoms with Gasteiger partial charge in [-0.15, -0.1) is 5.10 Å². The van der Waals surface area contributed by atoms with E-state index in [1.165, 1.54) is 0 Å². The fourth-order valence-electron chi connectivity index (χ4n) is 2.56. The highest BCUT2D eigenvalue weighted by Crippen LogP contribution is 2.24. The van der Waals surface area contributed by atoms with Gasteiger partial charge in [-0.05, 0) is 47.5 Å². The first-order chi connectivity index (χ1) is 12.1. The van der Waals surface area contributed by atoms with Crippen LogP contribution in [0.2, 0.25) is 0 Å². The highest BCUT2D eigenvalue weighted by Gasteiger charge is 2.16. The van der Waals surface area contributed by atoms with Gasteiger partial charge >= 0.3 is 0 Å². The van der Waals surface area contributed by atoms with Gasteiger partial charge < -0.3 is 4.74 Å². The monoisotopic (exact) mass is 401 g/mol. The van der Waals surface area contributed by atoms with E-state index < -0.39 is 0 Å². The van der Waals surface area contributed by atoms with Gasteiger partial charge in [-0.25, -0.2) is 9.67 Å². The molecule has 0 saturated heterocycles. The Bertz CT molecular complexity index is 878. The smallest absolute Gasteiger partial charge is 0.216 e. The minimum Gasteiger partial charge on any atom is -0.471 e. The van der Waals surface area contributed by atoms with E-state index in [2.05, 4.69) is 43.1 Å². The van der Waals surface area contributed by atoms with Crippen molar-refractivity contribution in [1.82, 2.24) is 25.0 Å². The molecule has 3 aromatic rings. The Balaban J connectivity index is 1.87. The Morgan fingerprint density at radius 3 is 2.84 bits per heavy atom. The third-order valence-electron chi connectivity index (χ3n) is 3.92. The van der Waals surface area contributed by atoms with Gasteiger partial charge in [-0.1, -0.05) is 24.6 Å². The standard InChI is InChI=1S/C18H20BrN5O/c1-4-6-13-7-5-10-20-18(13)25-11-16-17(22-23-24(16)3)15-9-8-14(19)12(2)21-15/h5,7-10H,4,6,11H2,1-3H3. The second-order valence-corrected chi connectivity index (χ2v) is 6.63. The lowest BCUT2D eigenvalue weighted by Gasteiger charge is -2.10. The summed E-state index contributed by atoms with van der Waals surface area (Å²) in [7, 11) is 1.85. The Labute approximate surface area is 155 Å². The second kappa shape index (κ2) is 7.74. The quantitative estimate of drug-likeness (QED) is 0.626. The number of aromatic nitrogens is 5. The number of hydrogen-bond donors (Lipinski definition) is 0. The van der Waals surface area contributed by atoms with Crippen molar-refractivity contribution in [3.63, 3.8) is 0 Å². The summed E-state index contributed by atoms with van der Waals surface area (Å²) >= 11 is 3.47. The molecule has 3 heterocycles. The predicted molar refractivity (Wildman–Crippen MR) is 99.2 cm³/mol. The Morgan fingerprint density at radius 1 is 1.24 bits per heavy atom.